The second-order valence-electron chi connectivity index (χ2n) is 19.5. The summed E-state index contributed by atoms with van der Waals surface area (Å²) in [5.41, 5.74) is 3.57. The Morgan fingerprint density at radius 3 is 1.91 bits per heavy atom. The van der Waals surface area contributed by atoms with Crippen LogP contribution in [0, 0.1) is 0 Å². The van der Waals surface area contributed by atoms with Gasteiger partial charge in [-0.15, -0.1) is 0 Å². The van der Waals surface area contributed by atoms with Gasteiger partial charge in [0, 0.05) is 122 Å². The van der Waals surface area contributed by atoms with Crippen LogP contribution in [-0.4, -0.2) is 255 Å². The summed E-state index contributed by atoms with van der Waals surface area (Å²) >= 11 is 0. The molecule has 3 saturated heterocycles. The number of aliphatic hydroxyl groups excluding tert-OH is 1. The van der Waals surface area contributed by atoms with Gasteiger partial charge in [0.15, 0.2) is 11.9 Å². The van der Waals surface area contributed by atoms with E-state index in [4.69, 9.17) is 4.42 Å². The monoisotopic (exact) mass is 1070 g/mol. The molecule has 2 atom stereocenters. The molecular weight excluding hydrogens is 1000 g/mol. The molecule has 0 aliphatic carbocycles. The van der Waals surface area contributed by atoms with Gasteiger partial charge in [-0.05, 0) is 53.6 Å². The van der Waals surface area contributed by atoms with Gasteiger partial charge in [-0.3, -0.25) is 63.0 Å². The Hall–Kier alpha value is -7.32. The number of piperazine rings is 1. The number of nitrogens with one attached hydrogen (secondary N) is 2. The number of carboxylic acids is 2. The number of para-hydroxylation sites is 2. The van der Waals surface area contributed by atoms with Crippen molar-refractivity contribution in [3.05, 3.63) is 96.0 Å². The van der Waals surface area contributed by atoms with Gasteiger partial charge in [0.2, 0.25) is 17.6 Å². The van der Waals surface area contributed by atoms with Crippen LogP contribution in [0.3, 0.4) is 0 Å². The minimum absolute atomic E-state index is 0.0659. The number of carbonyl (C=O) groups is 7. The number of carboxylic acid groups (broad SMARTS) is 2. The Morgan fingerprint density at radius 2 is 1.27 bits per heavy atom. The van der Waals surface area contributed by atoms with Crippen LogP contribution >= 0.6 is 0 Å². The van der Waals surface area contributed by atoms with Crippen LogP contribution in [0.25, 0.3) is 33.1 Å². The lowest BCUT2D eigenvalue weighted by Crippen LogP contribution is -2.53. The third kappa shape index (κ3) is 15.2. The number of likely N-dealkylation sites (tertiary alicyclic amines) is 1. The number of β-amino-alcohol motifs (C(OH)–C–C–N with tert-alkyl or cyclic N) is 2. The van der Waals surface area contributed by atoms with Gasteiger partial charge < -0.3 is 45.3 Å². The third-order valence-corrected chi connectivity index (χ3v) is 14.1. The maximum atomic E-state index is 14.7. The number of hydrogen-bond donors (Lipinski definition) is 6. The number of aromatic nitrogens is 2. The van der Waals surface area contributed by atoms with Crippen LogP contribution in [0.5, 0.6) is 0 Å². The number of rotatable bonds is 18. The Labute approximate surface area is 442 Å². The third-order valence-electron chi connectivity index (χ3n) is 14.1. The molecule has 24 heteroatoms. The zero-order chi connectivity index (χ0) is 54.6. The van der Waals surface area contributed by atoms with Crippen molar-refractivity contribution in [1.82, 2.24) is 54.9 Å². The van der Waals surface area contributed by atoms with Crippen molar-refractivity contribution >= 4 is 63.4 Å². The summed E-state index contributed by atoms with van der Waals surface area (Å²) in [6, 6.07) is 19.6. The van der Waals surface area contributed by atoms with Crippen molar-refractivity contribution in [3.63, 3.8) is 0 Å². The van der Waals surface area contributed by atoms with Crippen molar-refractivity contribution in [2.75, 3.05) is 131 Å². The summed E-state index contributed by atoms with van der Waals surface area (Å²) in [5, 5.41) is 44.5. The first kappa shape index (κ1) is 55.9. The molecule has 0 saturated carbocycles. The van der Waals surface area contributed by atoms with E-state index in [-0.39, 0.29) is 62.4 Å². The highest BCUT2D eigenvalue weighted by Gasteiger charge is 2.42. The Morgan fingerprint density at radius 1 is 0.662 bits per heavy atom. The fraction of sp³-hybridized carbons (Fsp3) is 0.453. The smallest absolute Gasteiger partial charge is 0.317 e. The first-order valence-corrected chi connectivity index (χ1v) is 25.6. The first-order chi connectivity index (χ1) is 37.1. The quantitative estimate of drug-likeness (QED) is 0.0504. The van der Waals surface area contributed by atoms with E-state index in [1.807, 2.05) is 11.0 Å². The molecule has 3 aliphatic heterocycles. The Kier molecular flexibility index (Phi) is 19.0. The van der Waals surface area contributed by atoms with E-state index in [0.29, 0.717) is 119 Å². The van der Waals surface area contributed by atoms with Gasteiger partial charge in [-0.2, -0.15) is 0 Å². The molecule has 4 amide bonds. The van der Waals surface area contributed by atoms with Crippen LogP contribution in [0.15, 0.2) is 83.4 Å². The molecular formula is C53H64FN11O12. The number of pyridine rings is 1. The van der Waals surface area contributed by atoms with Gasteiger partial charge in [0.05, 0.1) is 43.8 Å². The van der Waals surface area contributed by atoms with E-state index < -0.39 is 54.6 Å². The molecule has 0 spiro atoms. The number of aliphatic hydroxyl groups is 2. The van der Waals surface area contributed by atoms with Crippen molar-refractivity contribution in [3.8, 4) is 11.1 Å². The molecule has 8 rings (SSSR count). The molecule has 0 radical (unpaired) electrons. The molecule has 23 nitrogen and oxygen atoms in total. The molecule has 2 aromatic heterocycles. The Balaban J connectivity index is 0.796. The Bertz CT molecular complexity index is 2850. The molecule has 0 bridgehead atoms. The van der Waals surface area contributed by atoms with Crippen LogP contribution < -0.4 is 10.6 Å². The van der Waals surface area contributed by atoms with Crippen LogP contribution in [0.4, 0.5) is 4.39 Å². The van der Waals surface area contributed by atoms with E-state index in [0.717, 1.165) is 16.0 Å². The topological polar surface area (TPSA) is 286 Å². The molecule has 5 aromatic rings. The van der Waals surface area contributed by atoms with Crippen molar-refractivity contribution in [1.29, 1.82) is 0 Å². The minimum Gasteiger partial charge on any atom is -0.480 e. The van der Waals surface area contributed by atoms with Gasteiger partial charge in [-0.25, -0.2) is 9.37 Å². The second kappa shape index (κ2) is 26.2. The average molecular weight is 1070 g/mol. The number of amides is 4. The number of alkyl halides is 1. The van der Waals surface area contributed by atoms with Crippen LogP contribution in [0.2, 0.25) is 0 Å². The lowest BCUT2D eigenvalue weighted by atomic mass is 9.99. The zero-order valence-electron chi connectivity index (χ0n) is 42.5. The van der Waals surface area contributed by atoms with Crippen molar-refractivity contribution in [2.24, 2.45) is 0 Å². The first-order valence-electron chi connectivity index (χ1n) is 25.6. The fourth-order valence-corrected chi connectivity index (χ4v) is 9.91. The normalized spacial score (nSPS) is 19.0. The SMILES string of the molecule is O=C(O)CN1CCN(CC(=O)N2CCN(CCNC(=O)c3ccc(-c4ccc5nccc(C(=O)NCC(=O)N6C[C@@H](F)C[C@H]6C(=O)c6nc7ccccc7o6)c5c4)cc3)CC2)CCN(CC(=O)O)CCN(CC(O)O)CC1. The van der Waals surface area contributed by atoms with Gasteiger partial charge >= 0.3 is 11.9 Å². The summed E-state index contributed by atoms with van der Waals surface area (Å²) in [6.07, 6.45) is -1.79. The molecule has 6 N–H and O–H groups in total. The number of oxazole rings is 1. The largest absolute Gasteiger partial charge is 0.480 e. The number of aliphatic carboxylic acids is 2. The molecule has 5 heterocycles. The zero-order valence-corrected chi connectivity index (χ0v) is 42.5. The minimum atomic E-state index is -1.60. The summed E-state index contributed by atoms with van der Waals surface area (Å²) in [4.78, 5) is 111. The van der Waals surface area contributed by atoms with E-state index in [9.17, 15) is 58.4 Å². The van der Waals surface area contributed by atoms with Crippen molar-refractivity contribution in [2.45, 2.75) is 24.9 Å². The highest BCUT2D eigenvalue weighted by Crippen LogP contribution is 2.28. The summed E-state index contributed by atoms with van der Waals surface area (Å²) in [5.74, 6) is -4.43. The van der Waals surface area contributed by atoms with Crippen molar-refractivity contribution < 1.29 is 62.8 Å². The number of hydrogen-bond acceptors (Lipinski definition) is 17. The summed E-state index contributed by atoms with van der Waals surface area (Å²) in [6.45, 7) is 4.49. The van der Waals surface area contributed by atoms with Gasteiger partial charge in [-0.1, -0.05) is 30.3 Å². The highest BCUT2D eigenvalue weighted by molar-refractivity contribution is 6.08. The predicted molar refractivity (Wildman–Crippen MR) is 277 cm³/mol. The lowest BCUT2D eigenvalue weighted by Gasteiger charge is -2.37. The number of carbonyl (C=O) groups excluding carboxylic acids is 5. The second-order valence-corrected chi connectivity index (χ2v) is 19.5. The van der Waals surface area contributed by atoms with E-state index >= 15 is 0 Å². The van der Waals surface area contributed by atoms with Crippen LogP contribution in [0.1, 0.15) is 37.8 Å². The van der Waals surface area contributed by atoms with Gasteiger partial charge in [0.1, 0.15) is 17.7 Å². The molecule has 77 heavy (non-hydrogen) atoms. The van der Waals surface area contributed by atoms with E-state index in [1.165, 1.54) is 12.3 Å². The van der Waals surface area contributed by atoms with Crippen LogP contribution in [-0.2, 0) is 19.2 Å². The number of Topliss-reactive ketones (excluding diaryl/α,β-unsaturated/α-hetero) is 1. The molecule has 3 aliphatic rings. The molecule has 3 aromatic carbocycles. The van der Waals surface area contributed by atoms with E-state index in [2.05, 4.69) is 25.5 Å². The summed E-state index contributed by atoms with van der Waals surface area (Å²) in [7, 11) is 0. The number of fused-ring (bicyclic) bond motifs is 2. The molecule has 410 valence electrons. The van der Waals surface area contributed by atoms with Gasteiger partial charge in [0.25, 0.3) is 17.7 Å². The summed E-state index contributed by atoms with van der Waals surface area (Å²) < 4.78 is 20.3. The standard InChI is InChI=1S/C53H64FN11O12/c54-38-28-43(50(74)53-58-42-3-1-2-4-44(42)77-53)65(30-38)45(66)29-57-52(76)39-11-12-55-41-10-9-37(27-40(39)41)35-5-7-36(8-6-35)51(75)56-13-14-59-23-25-64(26-24-59)46(67)31-60-15-17-61(32-47(68)69)19-21-63(34-49(72)73)22-20-62(18-16-60)33-48(70)71/h1-12,27,38,43,49,72-73H,13-26,28-34H2,(H,56,75)(H,57,76)(H,68,69)(H,70,71)/t38-,43-/m0/s1. The highest BCUT2D eigenvalue weighted by atomic mass is 19.1. The number of halogens is 1. The average Bonchev–Trinajstić information content (AvgIpc) is 4.07. The number of benzene rings is 3. The number of ketones is 1. The molecule has 0 unspecified atom stereocenters. The maximum absolute atomic E-state index is 14.7. The predicted octanol–water partition coefficient (Wildman–Crippen LogP) is 0.170. The maximum Gasteiger partial charge on any atom is 0.317 e. The molecule has 3 fully saturated rings. The number of nitrogens with zero attached hydrogens (tertiary/aromatic N) is 9. The fourth-order valence-electron chi connectivity index (χ4n) is 9.91. The van der Waals surface area contributed by atoms with E-state index in [1.54, 1.807) is 80.3 Å². The lowest BCUT2D eigenvalue weighted by molar-refractivity contribution is -0.139.